The summed E-state index contributed by atoms with van der Waals surface area (Å²) in [5, 5.41) is 48.6. The SMILES string of the molecule is CC(C)(O/N=C(\C(=O)NC1C(=O)N2CC(C(=O)O)(N3CCN(NC(=O)NCc4cc(=O)c(O)cn4O)C3=O)S[C@H]12)c1csc(N)n1)C(=O)O. The van der Waals surface area contributed by atoms with E-state index in [2.05, 4.69) is 26.2 Å². The Labute approximate surface area is 282 Å². The van der Waals surface area contributed by atoms with Gasteiger partial charge < -0.3 is 46.6 Å². The minimum absolute atomic E-state index is 0.0567. The summed E-state index contributed by atoms with van der Waals surface area (Å²) in [6.45, 7) is 1.19. The zero-order valence-corrected chi connectivity index (χ0v) is 27.0. The minimum atomic E-state index is -2.02. The van der Waals surface area contributed by atoms with Crippen LogP contribution in [0.2, 0.25) is 0 Å². The summed E-state index contributed by atoms with van der Waals surface area (Å²) in [5.41, 5.74) is 4.61. The molecular formula is C25H28N10O12S2. The van der Waals surface area contributed by atoms with Crippen molar-refractivity contribution >= 4 is 69.8 Å². The number of aromatic hydroxyl groups is 1. The molecule has 0 radical (unpaired) electrons. The number of nitrogens with zero attached hydrogens (tertiary/aromatic N) is 6. The van der Waals surface area contributed by atoms with Crippen LogP contribution in [0.4, 0.5) is 14.7 Å². The number of thioether (sulfide) groups is 1. The van der Waals surface area contributed by atoms with Crippen molar-refractivity contribution in [3.63, 3.8) is 0 Å². The summed E-state index contributed by atoms with van der Waals surface area (Å²) in [5.74, 6) is -5.24. The van der Waals surface area contributed by atoms with Gasteiger partial charge in [0, 0.05) is 18.0 Å². The number of pyridine rings is 1. The maximum Gasteiger partial charge on any atom is 0.350 e. The molecule has 0 aliphatic carbocycles. The van der Waals surface area contributed by atoms with Gasteiger partial charge in [-0.2, -0.15) is 4.73 Å². The molecule has 3 aliphatic heterocycles. The average Bonchev–Trinajstić information content (AvgIpc) is 3.73. The highest BCUT2D eigenvalue weighted by atomic mass is 32.2. The van der Waals surface area contributed by atoms with Crippen LogP contribution in [0.25, 0.3) is 0 Å². The van der Waals surface area contributed by atoms with E-state index < -0.39 is 87.7 Å². The average molecular weight is 725 g/mol. The second-order valence-corrected chi connectivity index (χ2v) is 13.5. The third-order valence-electron chi connectivity index (χ3n) is 7.52. The van der Waals surface area contributed by atoms with E-state index in [0.717, 1.165) is 38.4 Å². The predicted octanol–water partition coefficient (Wildman–Crippen LogP) is -2.25. The predicted molar refractivity (Wildman–Crippen MR) is 165 cm³/mol. The largest absolute Gasteiger partial charge is 0.503 e. The number of hydrogen-bond acceptors (Lipinski definition) is 15. The number of fused-ring (bicyclic) bond motifs is 1. The van der Waals surface area contributed by atoms with Crippen molar-refractivity contribution in [1.82, 2.24) is 40.6 Å². The summed E-state index contributed by atoms with van der Waals surface area (Å²) in [6, 6.07) is -2.27. The molecule has 22 nitrogen and oxygen atoms in total. The Kier molecular flexibility index (Phi) is 8.94. The topological polar surface area (TPSA) is 312 Å². The number of nitrogens with one attached hydrogen (secondary N) is 3. The fraction of sp³-hybridized carbons (Fsp3) is 0.400. The van der Waals surface area contributed by atoms with E-state index in [4.69, 9.17) is 10.6 Å². The molecule has 2 aromatic rings. The number of nitrogens with two attached hydrogens (primary N) is 1. The summed E-state index contributed by atoms with van der Waals surface area (Å²) in [4.78, 5) is 97.2. The van der Waals surface area contributed by atoms with Gasteiger partial charge in [0.05, 0.1) is 31.5 Å². The number of carbonyl (C=O) groups is 6. The molecule has 0 saturated carbocycles. The van der Waals surface area contributed by atoms with Crippen LogP contribution in [-0.2, 0) is 30.6 Å². The van der Waals surface area contributed by atoms with Crippen LogP contribution in [0.5, 0.6) is 5.75 Å². The van der Waals surface area contributed by atoms with Gasteiger partial charge >= 0.3 is 24.0 Å². The smallest absolute Gasteiger partial charge is 0.350 e. The standard InChI is InChI=1S/C25H28N10O12S2/c1-24(2,19(40)41)47-31-14(11-8-48-21(26)28-11)16(38)29-15-17(39)32-9-25(20(42)43,49-18(15)32)33-3-4-34(23(33)45)30-22(44)27-6-10-5-12(36)13(37)7-35(10)46/h5,7-8,15,18,37,46H,3-4,6,9H2,1-2H3,(H2,26,28)(H,29,38)(H,40,41)(H,42,43)(H2,27,30,44)/b31-14-/t15?,18-,25?/m1/s1. The number of hydrogen-bond donors (Lipinski definition) is 8. The van der Waals surface area contributed by atoms with E-state index in [1.165, 1.54) is 19.2 Å². The number of aliphatic carboxylic acids is 2. The Balaban J connectivity index is 1.26. The number of hydrazine groups is 1. The number of urea groups is 2. The summed E-state index contributed by atoms with van der Waals surface area (Å²) in [6.07, 6.45) is 0.731. The quantitative estimate of drug-likeness (QED) is 0.0525. The van der Waals surface area contributed by atoms with E-state index >= 15 is 0 Å². The zero-order chi connectivity index (χ0) is 36.0. The molecule has 0 aromatic carbocycles. The lowest BCUT2D eigenvalue weighted by atomic mass is 10.1. The van der Waals surface area contributed by atoms with Crippen LogP contribution in [0.3, 0.4) is 0 Å². The van der Waals surface area contributed by atoms with E-state index in [-0.39, 0.29) is 29.6 Å². The van der Waals surface area contributed by atoms with Gasteiger partial charge in [0.2, 0.25) is 21.8 Å². The molecular weight excluding hydrogens is 696 g/mol. The molecule has 3 saturated heterocycles. The molecule has 9 N–H and O–H groups in total. The first-order chi connectivity index (χ1) is 22.9. The normalized spacial score (nSPS) is 22.0. The van der Waals surface area contributed by atoms with Gasteiger partial charge in [-0.25, -0.2) is 34.6 Å². The molecule has 24 heteroatoms. The minimum Gasteiger partial charge on any atom is -0.503 e. The first-order valence-corrected chi connectivity index (χ1v) is 15.7. The number of rotatable bonds is 11. The number of carboxylic acid groups (broad SMARTS) is 2. The number of nitrogen functional groups attached to an aromatic ring is 1. The Hall–Kier alpha value is -5.78. The van der Waals surface area contributed by atoms with Gasteiger partial charge in [-0.3, -0.25) is 19.3 Å². The lowest BCUT2D eigenvalue weighted by Gasteiger charge is -2.41. The van der Waals surface area contributed by atoms with Crippen molar-refractivity contribution < 1.29 is 54.1 Å². The molecule has 0 spiro atoms. The lowest BCUT2D eigenvalue weighted by molar-refractivity contribution is -0.161. The van der Waals surface area contributed by atoms with Gasteiger partial charge in [0.25, 0.3) is 5.91 Å². The molecule has 2 aromatic heterocycles. The molecule has 3 atom stereocenters. The summed E-state index contributed by atoms with van der Waals surface area (Å²) in [7, 11) is 0. The summed E-state index contributed by atoms with van der Waals surface area (Å²) >= 11 is 1.67. The first-order valence-electron chi connectivity index (χ1n) is 14.0. The molecule has 2 unspecified atom stereocenters. The van der Waals surface area contributed by atoms with Crippen molar-refractivity contribution in [2.24, 2.45) is 5.16 Å². The van der Waals surface area contributed by atoms with Crippen molar-refractivity contribution in [3.8, 4) is 5.75 Å². The third-order valence-corrected chi connectivity index (χ3v) is 9.88. The number of oxime groups is 1. The van der Waals surface area contributed by atoms with Crippen LogP contribution in [0.15, 0.2) is 27.6 Å². The highest BCUT2D eigenvalue weighted by Crippen LogP contribution is 2.49. The van der Waals surface area contributed by atoms with E-state index in [1.807, 2.05) is 0 Å². The number of aromatic nitrogens is 2. The second kappa shape index (κ2) is 12.7. The highest BCUT2D eigenvalue weighted by Gasteiger charge is 2.66. The molecule has 49 heavy (non-hydrogen) atoms. The van der Waals surface area contributed by atoms with Gasteiger partial charge in [0.15, 0.2) is 16.6 Å². The molecule has 6 amide bonds. The monoisotopic (exact) mass is 724 g/mol. The van der Waals surface area contributed by atoms with Gasteiger partial charge in [-0.05, 0) is 13.8 Å². The Morgan fingerprint density at radius 1 is 1.20 bits per heavy atom. The molecule has 5 rings (SSSR count). The highest BCUT2D eigenvalue weighted by molar-refractivity contribution is 8.02. The van der Waals surface area contributed by atoms with Crippen molar-refractivity contribution in [2.75, 3.05) is 25.4 Å². The van der Waals surface area contributed by atoms with Crippen LogP contribution in [-0.4, -0.2) is 128 Å². The maximum atomic E-state index is 13.3. The molecule has 5 heterocycles. The summed E-state index contributed by atoms with van der Waals surface area (Å²) < 4.78 is 0.421. The van der Waals surface area contributed by atoms with Gasteiger partial charge in [-0.1, -0.05) is 16.9 Å². The van der Waals surface area contributed by atoms with Crippen molar-refractivity contribution in [2.45, 2.75) is 42.3 Å². The fourth-order valence-electron chi connectivity index (χ4n) is 4.81. The third kappa shape index (κ3) is 6.41. The maximum absolute atomic E-state index is 13.3. The van der Waals surface area contributed by atoms with Crippen LogP contribution in [0, 0.1) is 0 Å². The van der Waals surface area contributed by atoms with Crippen molar-refractivity contribution in [1.29, 1.82) is 0 Å². The zero-order valence-electron chi connectivity index (χ0n) is 25.3. The Morgan fingerprint density at radius 2 is 1.92 bits per heavy atom. The fourth-order valence-corrected chi connectivity index (χ4v) is 7.00. The number of carboxylic acids is 2. The van der Waals surface area contributed by atoms with E-state index in [1.54, 1.807) is 0 Å². The number of anilines is 1. The molecule has 0 bridgehead atoms. The van der Waals surface area contributed by atoms with E-state index in [0.29, 0.717) is 16.5 Å². The molecule has 262 valence electrons. The van der Waals surface area contributed by atoms with Gasteiger partial charge in [-0.15, -0.1) is 11.3 Å². The van der Waals surface area contributed by atoms with E-state index in [9.17, 15) is 54.1 Å². The number of carbonyl (C=O) groups excluding carboxylic acids is 4. The molecule has 3 aliphatic rings. The number of β-lactam (4-membered cyclic amide) rings is 1. The Bertz CT molecular complexity index is 1850. The molecule has 3 fully saturated rings. The van der Waals surface area contributed by atoms with Crippen molar-refractivity contribution in [3.05, 3.63) is 39.3 Å². The van der Waals surface area contributed by atoms with Gasteiger partial charge in [0.1, 0.15) is 17.1 Å². The van der Waals surface area contributed by atoms with Crippen LogP contribution < -0.4 is 27.2 Å². The lowest BCUT2D eigenvalue weighted by Crippen LogP contribution is -2.68. The first kappa shape index (κ1) is 34.6. The van der Waals surface area contributed by atoms with Crippen LogP contribution in [0.1, 0.15) is 25.2 Å². The number of thiazole rings is 1. The van der Waals surface area contributed by atoms with Crippen LogP contribution >= 0.6 is 23.1 Å². The second-order valence-electron chi connectivity index (χ2n) is 11.2. The Morgan fingerprint density at radius 3 is 2.55 bits per heavy atom. The number of amides is 6.